The number of piperidine rings is 2. The van der Waals surface area contributed by atoms with Gasteiger partial charge in [0.1, 0.15) is 0 Å². The van der Waals surface area contributed by atoms with Crippen LogP contribution in [0.4, 0.5) is 6.01 Å². The summed E-state index contributed by atoms with van der Waals surface area (Å²) in [5.41, 5.74) is 21.9. The molecule has 72 heavy (non-hydrogen) atoms. The van der Waals surface area contributed by atoms with E-state index in [1.165, 1.54) is 11.1 Å². The van der Waals surface area contributed by atoms with Crippen molar-refractivity contribution in [2.24, 2.45) is 5.73 Å². The van der Waals surface area contributed by atoms with Crippen LogP contribution in [0.1, 0.15) is 149 Å². The Hall–Kier alpha value is -5.78. The van der Waals surface area contributed by atoms with Crippen molar-refractivity contribution < 1.29 is 85.5 Å². The van der Waals surface area contributed by atoms with Gasteiger partial charge < -0.3 is 41.0 Å². The molecule has 2 aliphatic rings. The van der Waals surface area contributed by atoms with Gasteiger partial charge in [0.05, 0.1) is 18.2 Å². The van der Waals surface area contributed by atoms with Crippen molar-refractivity contribution >= 4 is 23.7 Å². The van der Waals surface area contributed by atoms with Gasteiger partial charge in [-0.3, -0.25) is 19.5 Å². The van der Waals surface area contributed by atoms with E-state index in [0.717, 1.165) is 90.3 Å². The number of hydrogen-bond donors (Lipinski definition) is 4. The molecule has 2 fully saturated rings. The number of aliphatic hydroxyl groups is 1. The summed E-state index contributed by atoms with van der Waals surface area (Å²) in [6.45, 7) is 15.4. The van der Waals surface area contributed by atoms with Gasteiger partial charge in [-0.2, -0.15) is 10.2 Å². The quantitative estimate of drug-likeness (QED) is 0.107. The predicted octanol–water partition coefficient (Wildman–Crippen LogP) is 5.27. The van der Waals surface area contributed by atoms with Gasteiger partial charge in [-0.05, 0) is 147 Å². The second kappa shape index (κ2) is 28.5. The summed E-state index contributed by atoms with van der Waals surface area (Å²) in [5.74, 6) is 1.38. The zero-order valence-corrected chi connectivity index (χ0v) is 45.8. The minimum atomic E-state index is -0.420. The zero-order valence-electron chi connectivity index (χ0n) is 42.7. The molecule has 6 aromatic rings. The van der Waals surface area contributed by atoms with Crippen molar-refractivity contribution in [3.05, 3.63) is 128 Å². The Morgan fingerprint density at radius 1 is 0.736 bits per heavy atom. The van der Waals surface area contributed by atoms with Crippen molar-refractivity contribution in [2.45, 2.75) is 105 Å². The van der Waals surface area contributed by atoms with E-state index in [0.29, 0.717) is 79.0 Å². The van der Waals surface area contributed by atoms with Crippen LogP contribution in [-0.2, 0) is 25.7 Å². The normalized spacial score (nSPS) is 13.5. The van der Waals surface area contributed by atoms with Crippen LogP contribution in [0.2, 0.25) is 0 Å². The van der Waals surface area contributed by atoms with E-state index in [1.54, 1.807) is 19.1 Å². The number of nitrogen functional groups attached to an aromatic ring is 1. The third-order valence-electron chi connectivity index (χ3n) is 13.0. The van der Waals surface area contributed by atoms with Gasteiger partial charge in [-0.25, -0.2) is 0 Å². The van der Waals surface area contributed by atoms with E-state index in [1.807, 2.05) is 65.3 Å². The van der Waals surface area contributed by atoms with Gasteiger partial charge in [-0.15, -0.1) is 10.2 Å². The molecule has 8 rings (SSSR count). The van der Waals surface area contributed by atoms with E-state index < -0.39 is 5.91 Å². The number of nitrogens with zero attached hydrogens (tertiary/aromatic N) is 7. The number of carbonyl (C=O) groups excluding carboxylic acids is 3. The van der Waals surface area contributed by atoms with Crippen LogP contribution in [0.5, 0.6) is 6.01 Å². The minimum Gasteiger partial charge on any atom is -0.870 e. The number of nitrogens with two attached hydrogens (primary N) is 2. The van der Waals surface area contributed by atoms with Crippen LogP contribution in [-0.4, -0.2) is 103 Å². The molecule has 0 atom stereocenters. The van der Waals surface area contributed by atoms with Gasteiger partial charge >= 0.3 is 63.4 Å². The molecule has 18 heteroatoms. The number of benzene rings is 4. The zero-order chi connectivity index (χ0) is 50.3. The van der Waals surface area contributed by atoms with Crippen LogP contribution in [0.15, 0.2) is 77.2 Å². The molecule has 2 aromatic heterocycles. The fraction of sp³-hybridized carbons (Fsp3) is 0.407. The number of aryl methyl sites for hydroxylation is 4. The first kappa shape index (κ1) is 58.8. The topological polar surface area (TPSA) is 273 Å². The maximum atomic E-state index is 13.6. The predicted molar refractivity (Wildman–Crippen MR) is 271 cm³/mol. The molecule has 17 nitrogen and oxygen atoms in total. The Morgan fingerprint density at radius 2 is 1.19 bits per heavy atom. The van der Waals surface area contributed by atoms with Gasteiger partial charge in [0, 0.05) is 60.6 Å². The molecular formula is C54H67KN10O7. The molecule has 0 unspecified atom stereocenters. The summed E-state index contributed by atoms with van der Waals surface area (Å²) in [6, 6.07) is 25.8. The summed E-state index contributed by atoms with van der Waals surface area (Å²) in [4.78, 5) is 46.8. The molecule has 4 heterocycles. The van der Waals surface area contributed by atoms with Crippen LogP contribution >= 0.6 is 0 Å². The number of primary amides is 1. The number of hydrogen-bond acceptors (Lipinski definition) is 13. The van der Waals surface area contributed by atoms with Crippen molar-refractivity contribution in [3.63, 3.8) is 0 Å². The number of aromatic amines is 1. The Bertz CT molecular complexity index is 2750. The fourth-order valence-electron chi connectivity index (χ4n) is 9.20. The van der Waals surface area contributed by atoms with Gasteiger partial charge in [0.25, 0.3) is 11.8 Å². The minimum absolute atomic E-state index is 0. The molecular weight excluding hydrogens is 940 g/mol. The number of nitrogens with one attached hydrogen (secondary N) is 1. The number of ether oxygens (including phenoxy) is 1. The van der Waals surface area contributed by atoms with Crippen molar-refractivity contribution in [3.8, 4) is 34.9 Å². The van der Waals surface area contributed by atoms with Crippen molar-refractivity contribution in [2.75, 3.05) is 45.1 Å². The first-order valence-electron chi connectivity index (χ1n) is 24.5. The molecule has 4 aromatic carbocycles. The number of carbonyl (C=O) groups is 3. The third kappa shape index (κ3) is 14.5. The van der Waals surface area contributed by atoms with E-state index >= 15 is 0 Å². The average molecular weight is 1010 g/mol. The number of aliphatic hydroxyl groups excluding tert-OH is 1. The monoisotopic (exact) mass is 1010 g/mol. The third-order valence-corrected chi connectivity index (χ3v) is 13.0. The first-order chi connectivity index (χ1) is 33.9. The number of H-pyrrole nitrogens is 1. The summed E-state index contributed by atoms with van der Waals surface area (Å²) >= 11 is 0. The van der Waals surface area contributed by atoms with Crippen LogP contribution in [0, 0.1) is 11.3 Å². The Balaban J connectivity index is 0.000000290. The van der Waals surface area contributed by atoms with Crippen molar-refractivity contribution in [1.82, 2.24) is 35.2 Å². The molecule has 0 aliphatic carbocycles. The fourth-order valence-corrected chi connectivity index (χ4v) is 9.20. The molecule has 0 saturated carbocycles. The van der Waals surface area contributed by atoms with E-state index in [-0.39, 0.29) is 81.3 Å². The maximum absolute atomic E-state index is 13.6. The second-order valence-corrected chi connectivity index (χ2v) is 17.3. The molecule has 7 N–H and O–H groups in total. The number of amides is 3. The standard InChI is InChI=1S/C27H33N5O3.C25H27N5O2.C2H6O.K.H2O/c1-4-17-15-18(5-2)23(16-22(17)25-29-27(31-30-25)35-6-3)26(34)32-13-11-20(12-14-32)19-7-9-21(10-8-19)24(28)33;1-3-17-13-18(4-2)22(14-21(17)23-28-29-25(27)32-23)24(31)30-11-9-20(10-12-30)19-7-5-16(15-26)6-8-19;1-2-3;;/h7-10,15-16,20H,4-6,11-14H2,1-3H3,(H2,28,33)(H,29,30,31);5-8,13-14,20H,3-4,9-12H2,1-2H3,(H2,27,29);3H,2H2,1H3;;1H2/q;;;+1;/p-1. The van der Waals surface area contributed by atoms with Crippen LogP contribution in [0.25, 0.3) is 22.8 Å². The number of likely N-dealkylation sites (tertiary alicyclic amines) is 2. The summed E-state index contributed by atoms with van der Waals surface area (Å²) < 4.78 is 10.9. The summed E-state index contributed by atoms with van der Waals surface area (Å²) in [5, 5.41) is 31.5. The number of rotatable bonds is 13. The van der Waals surface area contributed by atoms with E-state index in [9.17, 15) is 14.4 Å². The van der Waals surface area contributed by atoms with Gasteiger partial charge in [-0.1, -0.05) is 69.2 Å². The Morgan fingerprint density at radius 3 is 1.61 bits per heavy atom. The molecule has 2 saturated heterocycles. The summed E-state index contributed by atoms with van der Waals surface area (Å²) in [7, 11) is 0. The average Bonchev–Trinajstić information content (AvgIpc) is 4.07. The molecule has 2 aliphatic heterocycles. The second-order valence-electron chi connectivity index (χ2n) is 17.3. The van der Waals surface area contributed by atoms with Gasteiger partial charge in [0.2, 0.25) is 11.8 Å². The number of aromatic nitrogens is 5. The van der Waals surface area contributed by atoms with Crippen LogP contribution < -0.4 is 67.6 Å². The maximum Gasteiger partial charge on any atom is 1.00 e. The Kier molecular flexibility index (Phi) is 23.2. The largest absolute Gasteiger partial charge is 1.00 e. The SMILES string of the molecule is CCO.CCOc1n[nH]c(-c2cc(C(=O)N3CCC(c4ccc(C(N)=O)cc4)CC3)c(CC)cc2CC)n1.CCc1cc(CC)c(-c2nnc(N)o2)cc1C(=O)N1CCC(c2ccc(C#N)cc2)CC1.[K+].[OH-]. The Labute approximate surface area is 464 Å². The molecule has 0 spiro atoms. The van der Waals surface area contributed by atoms with Crippen LogP contribution in [0.3, 0.4) is 0 Å². The summed E-state index contributed by atoms with van der Waals surface area (Å²) in [6.07, 6.45) is 6.71. The molecule has 0 radical (unpaired) electrons. The van der Waals surface area contributed by atoms with E-state index in [2.05, 4.69) is 71.3 Å². The molecule has 3 amide bonds. The van der Waals surface area contributed by atoms with Crippen molar-refractivity contribution in [1.29, 1.82) is 5.26 Å². The first-order valence-corrected chi connectivity index (χ1v) is 24.5. The van der Waals surface area contributed by atoms with E-state index in [4.69, 9.17) is 31.0 Å². The van der Waals surface area contributed by atoms with Gasteiger partial charge in [0.15, 0.2) is 5.82 Å². The number of anilines is 1. The molecule has 376 valence electrons. The number of nitriles is 1. The smallest absolute Gasteiger partial charge is 0.870 e. The molecule has 0 bridgehead atoms.